The number of benzene rings is 2. The van der Waals surface area contributed by atoms with Crippen molar-refractivity contribution < 1.29 is 9.53 Å². The molecule has 0 unspecified atom stereocenters. The maximum absolute atomic E-state index is 13.2. The monoisotopic (exact) mass is 540 g/mol. The first-order valence-corrected chi connectivity index (χ1v) is 14.3. The Kier molecular flexibility index (Phi) is 7.96. The number of thioether (sulfide) groups is 2. The minimum Gasteiger partial charge on any atom is -0.378 e. The fourth-order valence-electron chi connectivity index (χ4n) is 4.37. The van der Waals surface area contributed by atoms with E-state index in [-0.39, 0.29) is 5.91 Å². The van der Waals surface area contributed by atoms with Crippen molar-refractivity contribution in [2.75, 3.05) is 49.2 Å². The molecule has 0 bridgehead atoms. The highest BCUT2D eigenvalue weighted by Crippen LogP contribution is 2.47. The molecular weight excluding hydrogens is 512 g/mol. The standard InChI is InChI=1S/C27H29ClN4O2S2/c1-3-13-32-26(33)24(11-12-25-31(4-2)22-18-19(28)5-10-23(22)35-25)36-27(32)29-20-6-8-21(9-7-20)30-14-16-34-17-15-30/h5-12,18H,3-4,13-17H2,1-2H3. The van der Waals surface area contributed by atoms with E-state index >= 15 is 0 Å². The van der Waals surface area contributed by atoms with Crippen molar-refractivity contribution in [2.45, 2.75) is 25.2 Å². The van der Waals surface area contributed by atoms with Crippen LogP contribution in [0.15, 0.2) is 74.4 Å². The van der Waals surface area contributed by atoms with Crippen LogP contribution in [-0.2, 0) is 9.53 Å². The van der Waals surface area contributed by atoms with Gasteiger partial charge in [-0.2, -0.15) is 0 Å². The van der Waals surface area contributed by atoms with Gasteiger partial charge in [0.25, 0.3) is 5.91 Å². The highest BCUT2D eigenvalue weighted by Gasteiger charge is 2.33. The van der Waals surface area contributed by atoms with Gasteiger partial charge in [0.2, 0.25) is 0 Å². The minimum absolute atomic E-state index is 0.00832. The number of carbonyl (C=O) groups is 1. The van der Waals surface area contributed by atoms with Gasteiger partial charge in [-0.05, 0) is 79.7 Å². The summed E-state index contributed by atoms with van der Waals surface area (Å²) in [7, 11) is 0. The van der Waals surface area contributed by atoms with Gasteiger partial charge in [-0.3, -0.25) is 9.69 Å². The number of allylic oxidation sites excluding steroid dienone is 2. The fourth-order valence-corrected chi connectivity index (χ4v) is 6.61. The molecule has 0 aliphatic carbocycles. The number of hydrogen-bond donors (Lipinski definition) is 0. The average Bonchev–Trinajstić information content (AvgIpc) is 3.40. The molecule has 2 saturated heterocycles. The Balaban J connectivity index is 1.36. The summed E-state index contributed by atoms with van der Waals surface area (Å²) in [6, 6.07) is 14.2. The van der Waals surface area contributed by atoms with E-state index in [4.69, 9.17) is 21.3 Å². The summed E-state index contributed by atoms with van der Waals surface area (Å²) >= 11 is 9.36. The first-order valence-electron chi connectivity index (χ1n) is 12.3. The Labute approximate surface area is 226 Å². The molecule has 0 N–H and O–H groups in total. The molecule has 3 aliphatic rings. The quantitative estimate of drug-likeness (QED) is 0.389. The molecule has 0 aromatic heterocycles. The zero-order valence-corrected chi connectivity index (χ0v) is 22.8. The molecule has 3 aliphatic heterocycles. The average molecular weight is 541 g/mol. The molecule has 0 atom stereocenters. The lowest BCUT2D eigenvalue weighted by Gasteiger charge is -2.28. The molecule has 0 radical (unpaired) electrons. The van der Waals surface area contributed by atoms with Crippen molar-refractivity contribution in [1.29, 1.82) is 0 Å². The smallest absolute Gasteiger partial charge is 0.266 e. The second kappa shape index (κ2) is 11.3. The molecule has 2 fully saturated rings. The number of aliphatic imine (C=N–C) groups is 1. The lowest BCUT2D eigenvalue weighted by Crippen LogP contribution is -2.36. The van der Waals surface area contributed by atoms with Gasteiger partial charge < -0.3 is 14.5 Å². The van der Waals surface area contributed by atoms with Crippen LogP contribution in [0.5, 0.6) is 0 Å². The fraction of sp³-hybridized carbons (Fsp3) is 0.333. The molecule has 6 nitrogen and oxygen atoms in total. The minimum atomic E-state index is 0.00832. The van der Waals surface area contributed by atoms with Crippen LogP contribution in [0.3, 0.4) is 0 Å². The van der Waals surface area contributed by atoms with Gasteiger partial charge in [-0.25, -0.2) is 4.99 Å². The zero-order chi connectivity index (χ0) is 25.1. The van der Waals surface area contributed by atoms with Crippen molar-refractivity contribution in [2.24, 2.45) is 4.99 Å². The molecule has 3 heterocycles. The van der Waals surface area contributed by atoms with Crippen LogP contribution < -0.4 is 9.80 Å². The summed E-state index contributed by atoms with van der Waals surface area (Å²) in [4.78, 5) is 26.3. The lowest BCUT2D eigenvalue weighted by molar-refractivity contribution is -0.122. The van der Waals surface area contributed by atoms with E-state index in [1.165, 1.54) is 22.3 Å². The number of morpholine rings is 1. The zero-order valence-electron chi connectivity index (χ0n) is 20.4. The van der Waals surface area contributed by atoms with E-state index in [2.05, 4.69) is 35.8 Å². The third-order valence-electron chi connectivity index (χ3n) is 6.17. The molecular formula is C27H29ClN4O2S2. The molecule has 36 heavy (non-hydrogen) atoms. The largest absolute Gasteiger partial charge is 0.378 e. The van der Waals surface area contributed by atoms with Crippen LogP contribution in [0, 0.1) is 0 Å². The highest BCUT2D eigenvalue weighted by atomic mass is 35.5. The summed E-state index contributed by atoms with van der Waals surface area (Å²) in [6.07, 6.45) is 4.83. The van der Waals surface area contributed by atoms with Gasteiger partial charge in [-0.15, -0.1) is 0 Å². The number of hydrogen-bond acceptors (Lipinski definition) is 7. The normalized spacial score (nSPS) is 21.4. The van der Waals surface area contributed by atoms with Crippen LogP contribution in [0.1, 0.15) is 20.3 Å². The van der Waals surface area contributed by atoms with Crippen molar-refractivity contribution in [3.63, 3.8) is 0 Å². The van der Waals surface area contributed by atoms with E-state index in [1.807, 2.05) is 42.5 Å². The van der Waals surface area contributed by atoms with E-state index in [1.54, 1.807) is 16.7 Å². The number of ether oxygens (including phenoxy) is 1. The maximum atomic E-state index is 13.2. The van der Waals surface area contributed by atoms with Gasteiger partial charge in [0.1, 0.15) is 0 Å². The number of rotatable bonds is 6. The number of carbonyl (C=O) groups excluding carboxylic acids is 1. The van der Waals surface area contributed by atoms with E-state index in [0.717, 1.165) is 65.9 Å². The molecule has 5 rings (SSSR count). The Hall–Kier alpha value is -2.39. The Bertz CT molecular complexity index is 1220. The summed E-state index contributed by atoms with van der Waals surface area (Å²) in [5, 5.41) is 2.54. The predicted molar refractivity (Wildman–Crippen MR) is 153 cm³/mol. The first kappa shape index (κ1) is 25.3. The van der Waals surface area contributed by atoms with E-state index in [0.29, 0.717) is 11.4 Å². The summed E-state index contributed by atoms with van der Waals surface area (Å²) < 4.78 is 5.45. The van der Waals surface area contributed by atoms with Gasteiger partial charge >= 0.3 is 0 Å². The van der Waals surface area contributed by atoms with Crippen LogP contribution in [0.25, 0.3) is 0 Å². The third kappa shape index (κ3) is 5.32. The number of amidine groups is 1. The Morgan fingerprint density at radius 3 is 2.53 bits per heavy atom. The molecule has 2 aromatic rings. The van der Waals surface area contributed by atoms with Crippen LogP contribution in [-0.4, -0.2) is 55.4 Å². The summed E-state index contributed by atoms with van der Waals surface area (Å²) in [5.41, 5.74) is 3.13. The second-order valence-electron chi connectivity index (χ2n) is 8.56. The molecule has 0 spiro atoms. The van der Waals surface area contributed by atoms with E-state index < -0.39 is 0 Å². The van der Waals surface area contributed by atoms with Crippen molar-refractivity contribution in [3.8, 4) is 0 Å². The SMILES string of the molecule is CCCN1C(=O)C(=CC=C2Sc3ccc(Cl)cc3N2CC)SC1=Nc1ccc(N2CCOCC2)cc1. The van der Waals surface area contributed by atoms with Crippen molar-refractivity contribution >= 4 is 63.3 Å². The Morgan fingerprint density at radius 2 is 1.81 bits per heavy atom. The molecule has 188 valence electrons. The van der Waals surface area contributed by atoms with E-state index in [9.17, 15) is 4.79 Å². The molecule has 1 amide bonds. The number of halogens is 1. The topological polar surface area (TPSA) is 48.4 Å². The van der Waals surface area contributed by atoms with Gasteiger partial charge in [0.15, 0.2) is 5.17 Å². The maximum Gasteiger partial charge on any atom is 0.266 e. The van der Waals surface area contributed by atoms with Crippen molar-refractivity contribution in [1.82, 2.24) is 4.90 Å². The molecule has 2 aromatic carbocycles. The van der Waals surface area contributed by atoms with Crippen molar-refractivity contribution in [3.05, 3.63) is 69.6 Å². The lowest BCUT2D eigenvalue weighted by atomic mass is 10.2. The van der Waals surface area contributed by atoms with Gasteiger partial charge in [0.05, 0.1) is 34.5 Å². The van der Waals surface area contributed by atoms with Crippen LogP contribution >= 0.6 is 35.1 Å². The number of nitrogens with zero attached hydrogens (tertiary/aromatic N) is 4. The number of anilines is 2. The predicted octanol–water partition coefficient (Wildman–Crippen LogP) is 6.51. The van der Waals surface area contributed by atoms with Gasteiger partial charge in [0, 0.05) is 41.8 Å². The first-order chi connectivity index (χ1) is 17.6. The Morgan fingerprint density at radius 1 is 1.03 bits per heavy atom. The van der Waals surface area contributed by atoms with Gasteiger partial charge in [-0.1, -0.05) is 30.3 Å². The highest BCUT2D eigenvalue weighted by molar-refractivity contribution is 8.18. The summed E-state index contributed by atoms with van der Waals surface area (Å²) in [6.45, 7) is 8.98. The van der Waals surface area contributed by atoms with Crippen LogP contribution in [0.2, 0.25) is 5.02 Å². The number of amides is 1. The number of fused-ring (bicyclic) bond motifs is 1. The second-order valence-corrected chi connectivity index (χ2v) is 11.1. The van der Waals surface area contributed by atoms with Crippen LogP contribution in [0.4, 0.5) is 17.1 Å². The molecule has 9 heteroatoms. The summed E-state index contributed by atoms with van der Waals surface area (Å²) in [5.74, 6) is 0.00832. The third-order valence-corrected chi connectivity index (χ3v) is 8.56. The molecule has 0 saturated carbocycles.